The second-order valence-corrected chi connectivity index (χ2v) is 2.72. The molecule has 0 saturated carbocycles. The molecular formula is C6H13FN+. The molecule has 0 aliphatic carbocycles. The van der Waals surface area contributed by atoms with E-state index in [4.69, 9.17) is 0 Å². The van der Waals surface area contributed by atoms with Crippen LogP contribution in [0.5, 0.6) is 0 Å². The van der Waals surface area contributed by atoms with Gasteiger partial charge in [-0.05, 0) is 6.08 Å². The summed E-state index contributed by atoms with van der Waals surface area (Å²) >= 11 is 0. The summed E-state index contributed by atoms with van der Waals surface area (Å²) in [5, 5.41) is 0. The van der Waals surface area contributed by atoms with Gasteiger partial charge in [0, 0.05) is 0 Å². The zero-order valence-corrected chi connectivity index (χ0v) is 5.69. The van der Waals surface area contributed by atoms with Crippen LogP contribution in [0.2, 0.25) is 0 Å². The lowest BCUT2D eigenvalue weighted by Gasteiger charge is -2.25. The summed E-state index contributed by atoms with van der Waals surface area (Å²) in [7, 11) is 5.35. The standard InChI is InChI=1S/C6H13FN/c1-5-6(7)8(2,3)4/h5-6H,1H2,2-4H3/q+1. The quantitative estimate of drug-likeness (QED) is 0.290. The Kier molecular flexibility index (Phi) is 2.16. The highest BCUT2D eigenvalue weighted by Crippen LogP contribution is 2.03. The molecule has 1 unspecified atom stereocenters. The first-order valence-corrected chi connectivity index (χ1v) is 2.56. The number of quaternary nitrogens is 1. The molecule has 1 atom stereocenters. The lowest BCUT2D eigenvalue weighted by Crippen LogP contribution is -2.40. The van der Waals surface area contributed by atoms with E-state index in [0.29, 0.717) is 4.48 Å². The summed E-state index contributed by atoms with van der Waals surface area (Å²) in [5.41, 5.74) is 0. The summed E-state index contributed by atoms with van der Waals surface area (Å²) in [6, 6.07) is 0. The third-order valence-electron chi connectivity index (χ3n) is 0.934. The summed E-state index contributed by atoms with van der Waals surface area (Å²) in [6.45, 7) is 3.34. The van der Waals surface area contributed by atoms with Gasteiger partial charge in [-0.2, -0.15) is 4.39 Å². The van der Waals surface area contributed by atoms with E-state index in [0.717, 1.165) is 0 Å². The van der Waals surface area contributed by atoms with Gasteiger partial charge in [-0.3, -0.25) is 4.48 Å². The van der Waals surface area contributed by atoms with E-state index in [1.165, 1.54) is 6.08 Å². The van der Waals surface area contributed by atoms with Crippen LogP contribution in [0.15, 0.2) is 12.7 Å². The van der Waals surface area contributed by atoms with Crippen molar-refractivity contribution >= 4 is 0 Å². The van der Waals surface area contributed by atoms with E-state index < -0.39 is 6.30 Å². The Balaban J connectivity index is 3.80. The number of alkyl halides is 1. The first-order valence-electron chi connectivity index (χ1n) is 2.56. The van der Waals surface area contributed by atoms with Gasteiger partial charge in [0.1, 0.15) is 0 Å². The van der Waals surface area contributed by atoms with Crippen LogP contribution in [0.3, 0.4) is 0 Å². The molecule has 0 aromatic heterocycles. The predicted octanol–water partition coefficient (Wildman–Crippen LogP) is 1.17. The van der Waals surface area contributed by atoms with Gasteiger partial charge in [-0.1, -0.05) is 6.58 Å². The zero-order chi connectivity index (χ0) is 6.78. The highest BCUT2D eigenvalue weighted by atomic mass is 19.1. The van der Waals surface area contributed by atoms with Crippen molar-refractivity contribution < 1.29 is 8.87 Å². The Morgan fingerprint density at radius 2 is 1.88 bits per heavy atom. The van der Waals surface area contributed by atoms with Gasteiger partial charge in [-0.15, -0.1) is 0 Å². The molecule has 0 N–H and O–H groups in total. The predicted molar refractivity (Wildman–Crippen MR) is 33.1 cm³/mol. The highest BCUT2D eigenvalue weighted by Gasteiger charge is 2.17. The lowest BCUT2D eigenvalue weighted by atomic mass is 10.5. The zero-order valence-electron chi connectivity index (χ0n) is 5.69. The number of nitrogens with zero attached hydrogens (tertiary/aromatic N) is 1. The van der Waals surface area contributed by atoms with E-state index in [9.17, 15) is 4.39 Å². The molecule has 0 aliphatic rings. The molecule has 0 heterocycles. The maximum atomic E-state index is 12.5. The van der Waals surface area contributed by atoms with Crippen LogP contribution in [0.1, 0.15) is 0 Å². The number of hydrogen-bond acceptors (Lipinski definition) is 0. The second kappa shape index (κ2) is 2.27. The maximum absolute atomic E-state index is 12.5. The minimum atomic E-state index is -0.949. The van der Waals surface area contributed by atoms with E-state index in [1.54, 1.807) is 21.1 Å². The summed E-state index contributed by atoms with van der Waals surface area (Å²) in [6.07, 6.45) is 0.356. The molecule has 0 rings (SSSR count). The van der Waals surface area contributed by atoms with Crippen molar-refractivity contribution in [3.63, 3.8) is 0 Å². The van der Waals surface area contributed by atoms with Crippen molar-refractivity contribution in [2.45, 2.75) is 6.30 Å². The maximum Gasteiger partial charge on any atom is 0.250 e. The van der Waals surface area contributed by atoms with Crippen molar-refractivity contribution in [3.8, 4) is 0 Å². The summed E-state index contributed by atoms with van der Waals surface area (Å²) < 4.78 is 12.8. The molecule has 0 saturated heterocycles. The molecule has 0 amide bonds. The third-order valence-corrected chi connectivity index (χ3v) is 0.934. The first-order chi connectivity index (χ1) is 3.48. The van der Waals surface area contributed by atoms with Crippen LogP contribution < -0.4 is 0 Å². The molecule has 0 aromatic carbocycles. The Bertz CT molecular complexity index is 83.0. The molecule has 0 aromatic rings. The fraction of sp³-hybridized carbons (Fsp3) is 0.667. The van der Waals surface area contributed by atoms with E-state index >= 15 is 0 Å². The van der Waals surface area contributed by atoms with Crippen LogP contribution in [0, 0.1) is 0 Å². The average molecular weight is 118 g/mol. The third kappa shape index (κ3) is 2.07. The van der Waals surface area contributed by atoms with E-state index in [2.05, 4.69) is 6.58 Å². The van der Waals surface area contributed by atoms with Crippen molar-refractivity contribution in [3.05, 3.63) is 12.7 Å². The molecule has 8 heavy (non-hydrogen) atoms. The second-order valence-electron chi connectivity index (χ2n) is 2.72. The van der Waals surface area contributed by atoms with Crippen molar-refractivity contribution in [1.29, 1.82) is 0 Å². The monoisotopic (exact) mass is 118 g/mol. The Morgan fingerprint density at radius 3 is 1.88 bits per heavy atom. The van der Waals surface area contributed by atoms with Gasteiger partial charge >= 0.3 is 0 Å². The Hall–Kier alpha value is -0.370. The van der Waals surface area contributed by atoms with Crippen LogP contribution in [-0.2, 0) is 0 Å². The van der Waals surface area contributed by atoms with Crippen molar-refractivity contribution in [2.75, 3.05) is 21.1 Å². The van der Waals surface area contributed by atoms with Gasteiger partial charge in [-0.25, -0.2) is 0 Å². The van der Waals surface area contributed by atoms with Gasteiger partial charge in [0.2, 0.25) is 0 Å². The number of halogens is 1. The topological polar surface area (TPSA) is 0 Å². The van der Waals surface area contributed by atoms with Crippen LogP contribution in [0.25, 0.3) is 0 Å². The Morgan fingerprint density at radius 1 is 1.50 bits per heavy atom. The number of likely N-dealkylation sites (N-methyl/N-ethyl adjacent to an activating group) is 1. The molecule has 2 heteroatoms. The molecule has 0 spiro atoms. The van der Waals surface area contributed by atoms with Crippen LogP contribution in [0.4, 0.5) is 4.39 Å². The van der Waals surface area contributed by atoms with E-state index in [-0.39, 0.29) is 0 Å². The van der Waals surface area contributed by atoms with E-state index in [1.807, 2.05) is 0 Å². The van der Waals surface area contributed by atoms with Crippen molar-refractivity contribution in [2.24, 2.45) is 0 Å². The fourth-order valence-corrected chi connectivity index (χ4v) is 0.316. The highest BCUT2D eigenvalue weighted by molar-refractivity contribution is 4.69. The number of rotatable bonds is 2. The first kappa shape index (κ1) is 7.63. The normalized spacial score (nSPS) is 15.5. The molecule has 0 bridgehead atoms. The molecule has 48 valence electrons. The molecular weight excluding hydrogens is 105 g/mol. The largest absolute Gasteiger partial charge is 0.298 e. The molecule has 1 nitrogen and oxygen atoms in total. The molecule has 0 aliphatic heterocycles. The average Bonchev–Trinajstić information content (AvgIpc) is 1.62. The van der Waals surface area contributed by atoms with Gasteiger partial charge < -0.3 is 0 Å². The molecule has 0 radical (unpaired) electrons. The minimum absolute atomic E-state index is 0.295. The van der Waals surface area contributed by atoms with Crippen molar-refractivity contribution in [1.82, 2.24) is 0 Å². The molecule has 0 fully saturated rings. The number of hydrogen-bond donors (Lipinski definition) is 0. The fourth-order valence-electron chi connectivity index (χ4n) is 0.316. The van der Waals surface area contributed by atoms with Crippen LogP contribution in [-0.4, -0.2) is 31.9 Å². The minimum Gasteiger partial charge on any atom is -0.298 e. The summed E-state index contributed by atoms with van der Waals surface area (Å²) in [4.78, 5) is 0. The smallest absolute Gasteiger partial charge is 0.250 e. The van der Waals surface area contributed by atoms with Gasteiger partial charge in [0.25, 0.3) is 6.30 Å². The van der Waals surface area contributed by atoms with Gasteiger partial charge in [0.15, 0.2) is 0 Å². The summed E-state index contributed by atoms with van der Waals surface area (Å²) in [5.74, 6) is 0. The SMILES string of the molecule is C=CC(F)[N+](C)(C)C. The Labute approximate surface area is 50.0 Å². The van der Waals surface area contributed by atoms with Gasteiger partial charge in [0.05, 0.1) is 21.1 Å². The van der Waals surface area contributed by atoms with Crippen LogP contribution >= 0.6 is 0 Å². The lowest BCUT2D eigenvalue weighted by molar-refractivity contribution is -0.903.